The van der Waals surface area contributed by atoms with Gasteiger partial charge in [-0.25, -0.2) is 4.39 Å². The van der Waals surface area contributed by atoms with Gasteiger partial charge < -0.3 is 0 Å². The third-order valence-electron chi connectivity index (χ3n) is 1.98. The minimum absolute atomic E-state index is 0.231. The largest absolute Gasteiger partial charge is 0.207 e. The van der Waals surface area contributed by atoms with Gasteiger partial charge in [0.15, 0.2) is 5.66 Å². The van der Waals surface area contributed by atoms with Crippen molar-refractivity contribution in [1.29, 1.82) is 0 Å². The fourth-order valence-corrected chi connectivity index (χ4v) is 1.67. The maximum absolute atomic E-state index is 12.7. The molecule has 1 aromatic rings. The summed E-state index contributed by atoms with van der Waals surface area (Å²) in [4.78, 5) is 0. The molecular weight excluding hydrogens is 235 g/mol. The van der Waals surface area contributed by atoms with Gasteiger partial charge in [0, 0.05) is 10.9 Å². The zero-order valence-corrected chi connectivity index (χ0v) is 8.68. The molecule has 0 fully saturated rings. The van der Waals surface area contributed by atoms with Crippen LogP contribution in [0.2, 0.25) is 0 Å². The van der Waals surface area contributed by atoms with Crippen molar-refractivity contribution in [3.63, 3.8) is 0 Å². The molecule has 4 heteroatoms. The maximum atomic E-state index is 12.7. The first-order valence-corrected chi connectivity index (χ1v) is 4.76. The van der Waals surface area contributed by atoms with Crippen LogP contribution in [0.5, 0.6) is 0 Å². The Morgan fingerprint density at radius 2 is 2.15 bits per heavy atom. The molecule has 0 unspecified atom stereocenters. The van der Waals surface area contributed by atoms with Crippen LogP contribution in [-0.4, -0.2) is 5.66 Å². The van der Waals surface area contributed by atoms with Crippen LogP contribution in [0.4, 0.5) is 4.39 Å². The maximum Gasteiger partial charge on any atom is 0.192 e. The molecule has 0 spiro atoms. The molecule has 0 N–H and O–H groups in total. The first-order chi connectivity index (χ1) is 6.09. The molecule has 0 bridgehead atoms. The van der Waals surface area contributed by atoms with Crippen LogP contribution in [0.15, 0.2) is 32.9 Å². The van der Waals surface area contributed by atoms with Gasteiger partial charge in [-0.2, -0.15) is 10.2 Å². The van der Waals surface area contributed by atoms with Gasteiger partial charge in [0.1, 0.15) is 5.82 Å². The second-order valence-corrected chi connectivity index (χ2v) is 4.18. The lowest BCUT2D eigenvalue weighted by Crippen LogP contribution is -2.08. The lowest BCUT2D eigenvalue weighted by molar-refractivity contribution is 0.621. The Labute approximate surface area is 84.0 Å². The second kappa shape index (κ2) is 2.87. The van der Waals surface area contributed by atoms with Crippen molar-refractivity contribution in [1.82, 2.24) is 0 Å². The molecule has 0 radical (unpaired) electrons. The lowest BCUT2D eigenvalue weighted by Gasteiger charge is -2.06. The van der Waals surface area contributed by atoms with E-state index in [0.717, 1.165) is 16.5 Å². The molecule has 2 nitrogen and oxygen atoms in total. The first kappa shape index (κ1) is 8.81. The normalized spacial score (nSPS) is 17.5. The fourth-order valence-electron chi connectivity index (χ4n) is 1.18. The monoisotopic (exact) mass is 242 g/mol. The molecule has 0 aromatic heterocycles. The topological polar surface area (TPSA) is 24.7 Å². The van der Waals surface area contributed by atoms with E-state index in [-0.39, 0.29) is 11.5 Å². The average molecular weight is 243 g/mol. The molecule has 2 rings (SSSR count). The summed E-state index contributed by atoms with van der Waals surface area (Å²) in [6, 6.07) is 4.67. The third-order valence-corrected chi connectivity index (χ3v) is 2.72. The summed E-state index contributed by atoms with van der Waals surface area (Å²) in [5.74, 6) is -0.231. The highest BCUT2D eigenvalue weighted by Crippen LogP contribution is 2.33. The Hall–Kier alpha value is -0.770. The Morgan fingerprint density at radius 1 is 1.46 bits per heavy atom. The van der Waals surface area contributed by atoms with E-state index in [9.17, 15) is 4.39 Å². The fraction of sp³-hybridized carbons (Fsp3) is 0.333. The number of benzene rings is 1. The summed E-state index contributed by atoms with van der Waals surface area (Å²) in [6.07, 6.45) is 0.730. The van der Waals surface area contributed by atoms with Gasteiger partial charge in [-0.15, -0.1) is 0 Å². The Bertz CT molecular complexity index is 370. The van der Waals surface area contributed by atoms with Crippen molar-refractivity contribution in [2.45, 2.75) is 19.0 Å². The van der Waals surface area contributed by atoms with E-state index in [1.807, 2.05) is 6.92 Å². The molecular formula is C9H8BrFN2. The van der Waals surface area contributed by atoms with Gasteiger partial charge in [-0.05, 0) is 24.6 Å². The molecule has 0 atom stereocenters. The Kier molecular flexibility index (Phi) is 1.95. The summed E-state index contributed by atoms with van der Waals surface area (Å²) in [5.41, 5.74) is 0.772. The Balaban J connectivity index is 2.21. The zero-order chi connectivity index (χ0) is 9.47. The van der Waals surface area contributed by atoms with Gasteiger partial charge in [0.05, 0.1) is 0 Å². The summed E-state index contributed by atoms with van der Waals surface area (Å²) in [7, 11) is 0. The standard InChI is InChI=1S/C9H8BrFN2/c1-9(12-13-9)5-6-2-3-7(11)4-8(6)10/h2-4H,5H2,1H3. The highest BCUT2D eigenvalue weighted by atomic mass is 79.9. The van der Waals surface area contributed by atoms with Crippen LogP contribution >= 0.6 is 15.9 Å². The van der Waals surface area contributed by atoms with Crippen LogP contribution in [0.3, 0.4) is 0 Å². The minimum Gasteiger partial charge on any atom is -0.207 e. The van der Waals surface area contributed by atoms with Crippen LogP contribution in [0, 0.1) is 5.82 Å². The molecule has 0 aliphatic carbocycles. The summed E-state index contributed by atoms with van der Waals surface area (Å²) >= 11 is 3.30. The van der Waals surface area contributed by atoms with Crippen molar-refractivity contribution >= 4 is 15.9 Å². The SMILES string of the molecule is CC1(Cc2ccc(F)cc2Br)N=N1. The summed E-state index contributed by atoms with van der Waals surface area (Å²) in [6.45, 7) is 1.95. The number of nitrogens with zero attached hydrogens (tertiary/aromatic N) is 2. The van der Waals surface area contributed by atoms with Gasteiger partial charge in [0.25, 0.3) is 0 Å². The van der Waals surface area contributed by atoms with Crippen LogP contribution < -0.4 is 0 Å². The van der Waals surface area contributed by atoms with Crippen molar-refractivity contribution in [2.75, 3.05) is 0 Å². The van der Waals surface area contributed by atoms with E-state index in [1.165, 1.54) is 12.1 Å². The quantitative estimate of drug-likeness (QED) is 0.761. The molecule has 0 saturated carbocycles. The predicted octanol–water partition coefficient (Wildman–Crippen LogP) is 3.31. The first-order valence-electron chi connectivity index (χ1n) is 3.97. The highest BCUT2D eigenvalue weighted by Gasteiger charge is 2.34. The minimum atomic E-state index is -0.264. The second-order valence-electron chi connectivity index (χ2n) is 3.33. The van der Waals surface area contributed by atoms with Crippen LogP contribution in [-0.2, 0) is 6.42 Å². The molecule has 1 aliphatic heterocycles. The lowest BCUT2D eigenvalue weighted by atomic mass is 10.1. The van der Waals surface area contributed by atoms with Crippen LogP contribution in [0.1, 0.15) is 12.5 Å². The molecule has 0 amide bonds. The zero-order valence-electron chi connectivity index (χ0n) is 7.09. The van der Waals surface area contributed by atoms with Crippen molar-refractivity contribution in [2.24, 2.45) is 10.2 Å². The Morgan fingerprint density at radius 3 is 2.69 bits per heavy atom. The highest BCUT2D eigenvalue weighted by molar-refractivity contribution is 9.10. The average Bonchev–Trinajstić information content (AvgIpc) is 2.75. The van der Waals surface area contributed by atoms with Crippen molar-refractivity contribution in [3.05, 3.63) is 34.1 Å². The molecule has 1 heterocycles. The summed E-state index contributed by atoms with van der Waals surface area (Å²) in [5, 5.41) is 7.81. The number of hydrogen-bond donors (Lipinski definition) is 0. The number of halogens is 2. The van der Waals surface area contributed by atoms with E-state index in [4.69, 9.17) is 0 Å². The van der Waals surface area contributed by atoms with E-state index >= 15 is 0 Å². The molecule has 13 heavy (non-hydrogen) atoms. The summed E-state index contributed by atoms with van der Waals surface area (Å²) < 4.78 is 13.5. The van der Waals surface area contributed by atoms with Gasteiger partial charge in [-0.1, -0.05) is 22.0 Å². The van der Waals surface area contributed by atoms with Crippen LogP contribution in [0.25, 0.3) is 0 Å². The molecule has 68 valence electrons. The number of hydrogen-bond acceptors (Lipinski definition) is 2. The van der Waals surface area contributed by atoms with Gasteiger partial charge in [-0.3, -0.25) is 0 Å². The van der Waals surface area contributed by atoms with E-state index in [0.29, 0.717) is 0 Å². The van der Waals surface area contributed by atoms with Crippen molar-refractivity contribution in [3.8, 4) is 0 Å². The van der Waals surface area contributed by atoms with E-state index in [2.05, 4.69) is 26.2 Å². The third kappa shape index (κ3) is 1.94. The smallest absolute Gasteiger partial charge is 0.192 e. The predicted molar refractivity (Wildman–Crippen MR) is 51.1 cm³/mol. The van der Waals surface area contributed by atoms with E-state index < -0.39 is 0 Å². The van der Waals surface area contributed by atoms with E-state index in [1.54, 1.807) is 6.07 Å². The molecule has 1 aromatic carbocycles. The van der Waals surface area contributed by atoms with Gasteiger partial charge in [0.2, 0.25) is 0 Å². The molecule has 1 aliphatic rings. The number of rotatable bonds is 2. The van der Waals surface area contributed by atoms with Crippen molar-refractivity contribution < 1.29 is 4.39 Å². The van der Waals surface area contributed by atoms with Gasteiger partial charge >= 0.3 is 0 Å². The molecule has 0 saturated heterocycles.